The smallest absolute Gasteiger partial charge is 0.270 e. The predicted octanol–water partition coefficient (Wildman–Crippen LogP) is 4.86. The van der Waals surface area contributed by atoms with Crippen molar-refractivity contribution in [2.75, 3.05) is 7.11 Å². The molecule has 1 fully saturated rings. The molecule has 1 aliphatic rings. The number of carbonyl (C=O) groups excluding carboxylic acids is 1. The van der Waals surface area contributed by atoms with Gasteiger partial charge in [-0.2, -0.15) is 0 Å². The molecule has 8 heteroatoms. The minimum Gasteiger partial charge on any atom is -0.496 e. The van der Waals surface area contributed by atoms with Crippen LogP contribution < -0.4 is 4.74 Å². The molecule has 2 aromatic carbocycles. The lowest BCUT2D eigenvalue weighted by atomic mass is 9.96. The van der Waals surface area contributed by atoms with Crippen molar-refractivity contribution in [1.82, 2.24) is 4.90 Å². The fourth-order valence-corrected chi connectivity index (χ4v) is 5.21. The Hall–Kier alpha value is -2.71. The van der Waals surface area contributed by atoms with E-state index in [9.17, 15) is 14.9 Å². The molecule has 33 heavy (non-hydrogen) atoms. The van der Waals surface area contributed by atoms with Crippen molar-refractivity contribution in [3.8, 4) is 16.9 Å². The molecule has 0 radical (unpaired) electrons. The van der Waals surface area contributed by atoms with E-state index in [0.717, 1.165) is 17.5 Å². The van der Waals surface area contributed by atoms with E-state index in [1.165, 1.54) is 6.07 Å². The quantitative estimate of drug-likeness (QED) is 0.313. The average Bonchev–Trinajstić information content (AvgIpc) is 3.13. The summed E-state index contributed by atoms with van der Waals surface area (Å²) in [5, 5.41) is 11.4. The third kappa shape index (κ3) is 6.00. The molecule has 1 amide bonds. The average molecular weight is 471 g/mol. The fraction of sp³-hybridized carbons (Fsp3) is 0.480. The van der Waals surface area contributed by atoms with E-state index in [1.807, 2.05) is 29.2 Å². The Bertz CT molecular complexity index is 1030. The number of nitrogens with zero attached hydrogens (tertiary/aromatic N) is 2. The molecule has 0 saturated carbocycles. The van der Waals surface area contributed by atoms with Crippen LogP contribution in [0.25, 0.3) is 11.1 Å². The molecule has 0 bridgehead atoms. The highest BCUT2D eigenvalue weighted by atomic mass is 28.2. The molecular formula is C25H34N2O5Si. The predicted molar refractivity (Wildman–Crippen MR) is 132 cm³/mol. The summed E-state index contributed by atoms with van der Waals surface area (Å²) in [6.07, 6.45) is 1.29. The van der Waals surface area contributed by atoms with E-state index in [-0.39, 0.29) is 22.7 Å². The Labute approximate surface area is 198 Å². The number of nitro benzene ring substituents is 1. The Morgan fingerprint density at radius 2 is 1.88 bits per heavy atom. The maximum absolute atomic E-state index is 12.8. The summed E-state index contributed by atoms with van der Waals surface area (Å²) >= 11 is 0. The first-order valence-electron chi connectivity index (χ1n) is 11.3. The van der Waals surface area contributed by atoms with E-state index >= 15 is 0 Å². The lowest BCUT2D eigenvalue weighted by molar-refractivity contribution is -0.384. The highest BCUT2D eigenvalue weighted by Crippen LogP contribution is 2.36. The van der Waals surface area contributed by atoms with E-state index in [0.29, 0.717) is 24.3 Å². The van der Waals surface area contributed by atoms with Crippen LogP contribution >= 0.6 is 0 Å². The minimum absolute atomic E-state index is 0.00298. The van der Waals surface area contributed by atoms with Crippen molar-refractivity contribution >= 4 is 21.4 Å². The van der Waals surface area contributed by atoms with Crippen LogP contribution in [0.1, 0.15) is 53.0 Å². The molecule has 178 valence electrons. The summed E-state index contributed by atoms with van der Waals surface area (Å²) < 4.78 is 11.9. The zero-order valence-electron chi connectivity index (χ0n) is 20.4. The molecule has 1 atom stereocenters. The van der Waals surface area contributed by atoms with Gasteiger partial charge < -0.3 is 14.1 Å². The van der Waals surface area contributed by atoms with Crippen molar-refractivity contribution in [2.45, 2.75) is 70.7 Å². The second-order valence-electron chi connectivity index (χ2n) is 10.4. The Balaban J connectivity index is 1.89. The molecule has 0 spiro atoms. The lowest BCUT2D eigenvalue weighted by Crippen LogP contribution is -2.49. The van der Waals surface area contributed by atoms with Gasteiger partial charge in [-0.25, -0.2) is 0 Å². The van der Waals surface area contributed by atoms with Crippen LogP contribution in [-0.4, -0.2) is 44.2 Å². The van der Waals surface area contributed by atoms with Crippen molar-refractivity contribution in [3.05, 3.63) is 58.1 Å². The minimum atomic E-state index is -0.768. The second-order valence-corrected chi connectivity index (χ2v) is 13.1. The molecule has 0 N–H and O–H groups in total. The van der Waals surface area contributed by atoms with Gasteiger partial charge in [0, 0.05) is 30.7 Å². The number of hydrogen-bond acceptors (Lipinski definition) is 5. The van der Waals surface area contributed by atoms with Crippen LogP contribution in [0.15, 0.2) is 42.5 Å². The number of ether oxygens (including phenoxy) is 1. The molecule has 2 aromatic rings. The standard InChI is InChI=1S/C25H34N2O5Si/c1-24(2,3)33-32-25(4,5)22-12-13-23(28)26(22)16-17-10-11-21(31-6)20(14-17)18-8-7-9-19(15-18)27(29)30/h7-11,14-15,22H,12-13,16,33H2,1-6H3/t22-/m1/s1. The summed E-state index contributed by atoms with van der Waals surface area (Å²) in [5.41, 5.74) is 2.02. The molecule has 0 unspecified atom stereocenters. The molecule has 1 heterocycles. The summed E-state index contributed by atoms with van der Waals surface area (Å²) in [4.78, 5) is 25.6. The highest BCUT2D eigenvalue weighted by molar-refractivity contribution is 6.31. The summed E-state index contributed by atoms with van der Waals surface area (Å²) in [6, 6.07) is 12.3. The van der Waals surface area contributed by atoms with Gasteiger partial charge in [0.2, 0.25) is 5.91 Å². The Morgan fingerprint density at radius 1 is 1.15 bits per heavy atom. The van der Waals surface area contributed by atoms with Crippen LogP contribution in [0.2, 0.25) is 5.04 Å². The normalized spacial score (nSPS) is 17.2. The van der Waals surface area contributed by atoms with Crippen molar-refractivity contribution < 1.29 is 18.9 Å². The van der Waals surface area contributed by atoms with Crippen LogP contribution in [0.3, 0.4) is 0 Å². The summed E-state index contributed by atoms with van der Waals surface area (Å²) in [7, 11) is 0.810. The number of likely N-dealkylation sites (tertiary alicyclic amines) is 1. The number of methoxy groups -OCH3 is 1. The number of rotatable bonds is 8. The molecule has 1 saturated heterocycles. The highest BCUT2D eigenvalue weighted by Gasteiger charge is 2.42. The van der Waals surface area contributed by atoms with Gasteiger partial charge in [-0.05, 0) is 48.6 Å². The zero-order valence-corrected chi connectivity index (χ0v) is 21.8. The molecule has 7 nitrogen and oxygen atoms in total. The molecular weight excluding hydrogens is 436 g/mol. The number of carbonyl (C=O) groups is 1. The Morgan fingerprint density at radius 3 is 2.52 bits per heavy atom. The van der Waals surface area contributed by atoms with Gasteiger partial charge in [0.1, 0.15) is 5.75 Å². The number of nitro groups is 1. The zero-order chi connectivity index (χ0) is 24.4. The third-order valence-corrected chi connectivity index (χ3v) is 7.75. The third-order valence-electron chi connectivity index (χ3n) is 5.99. The number of benzene rings is 2. The summed E-state index contributed by atoms with van der Waals surface area (Å²) in [6.45, 7) is 11.2. The number of hydrogen-bond donors (Lipinski definition) is 0. The van der Waals surface area contributed by atoms with Crippen molar-refractivity contribution in [3.63, 3.8) is 0 Å². The van der Waals surface area contributed by atoms with Crippen LogP contribution in [-0.2, 0) is 15.8 Å². The van der Waals surface area contributed by atoms with E-state index in [4.69, 9.17) is 9.16 Å². The maximum Gasteiger partial charge on any atom is 0.270 e. The first-order chi connectivity index (χ1) is 15.4. The van der Waals surface area contributed by atoms with Crippen LogP contribution in [0, 0.1) is 10.1 Å². The number of amides is 1. The first-order valence-corrected chi connectivity index (χ1v) is 12.5. The van der Waals surface area contributed by atoms with E-state index in [1.54, 1.807) is 19.2 Å². The molecule has 1 aliphatic heterocycles. The Kier molecular flexibility index (Phi) is 7.28. The SMILES string of the molecule is COc1ccc(CN2C(=O)CC[C@@H]2C(C)(C)O[SiH2]C(C)(C)C)cc1-c1cccc([N+](=O)[O-])c1. The van der Waals surface area contributed by atoms with Crippen molar-refractivity contribution in [2.24, 2.45) is 0 Å². The van der Waals surface area contributed by atoms with Gasteiger partial charge in [-0.3, -0.25) is 14.9 Å². The van der Waals surface area contributed by atoms with Gasteiger partial charge in [0.05, 0.1) is 23.7 Å². The van der Waals surface area contributed by atoms with Crippen LogP contribution in [0.5, 0.6) is 5.75 Å². The molecule has 0 aromatic heterocycles. The monoisotopic (exact) mass is 470 g/mol. The van der Waals surface area contributed by atoms with Gasteiger partial charge >= 0.3 is 0 Å². The van der Waals surface area contributed by atoms with E-state index < -0.39 is 20.3 Å². The van der Waals surface area contributed by atoms with Gasteiger partial charge in [-0.1, -0.05) is 39.0 Å². The largest absolute Gasteiger partial charge is 0.496 e. The maximum atomic E-state index is 12.8. The van der Waals surface area contributed by atoms with Gasteiger partial charge in [-0.15, -0.1) is 0 Å². The van der Waals surface area contributed by atoms with Gasteiger partial charge in [0.15, 0.2) is 9.76 Å². The second kappa shape index (κ2) is 9.65. The van der Waals surface area contributed by atoms with Gasteiger partial charge in [0.25, 0.3) is 5.69 Å². The summed E-state index contributed by atoms with van der Waals surface area (Å²) in [5.74, 6) is 0.755. The van der Waals surface area contributed by atoms with Crippen LogP contribution in [0.4, 0.5) is 5.69 Å². The molecule has 3 rings (SSSR count). The first kappa shape index (κ1) is 24.9. The topological polar surface area (TPSA) is 81.9 Å². The lowest BCUT2D eigenvalue weighted by Gasteiger charge is -2.39. The molecule has 0 aliphatic carbocycles. The van der Waals surface area contributed by atoms with Crippen molar-refractivity contribution in [1.29, 1.82) is 0 Å². The number of non-ortho nitro benzene ring substituents is 1. The van der Waals surface area contributed by atoms with E-state index in [2.05, 4.69) is 34.6 Å². The fourth-order valence-electron chi connectivity index (χ4n) is 4.22.